The summed E-state index contributed by atoms with van der Waals surface area (Å²) < 4.78 is 20.2. The van der Waals surface area contributed by atoms with Gasteiger partial charge in [0.25, 0.3) is 0 Å². The number of carbonyl (C=O) groups excluding carboxylic acids is 1. The molecule has 0 aliphatic carbocycles. The van der Waals surface area contributed by atoms with Crippen LogP contribution >= 0.6 is 15.9 Å². The van der Waals surface area contributed by atoms with E-state index in [0.29, 0.717) is 25.8 Å². The second-order valence-corrected chi connectivity index (χ2v) is 7.78. The minimum Gasteiger partial charge on any atom is -0.438 e. The van der Waals surface area contributed by atoms with Crippen molar-refractivity contribution < 1.29 is 19.0 Å². The Kier molecular flexibility index (Phi) is 6.17. The SMILES string of the molecule is C[C@@H](c1ccc(Br)cc1)N1CCC(CCCO)(c2ccc(F)cc2)OC1=O. The van der Waals surface area contributed by atoms with Gasteiger partial charge in [0.15, 0.2) is 0 Å². The summed E-state index contributed by atoms with van der Waals surface area (Å²) in [6.45, 7) is 2.52. The van der Waals surface area contributed by atoms with Gasteiger partial charge in [0.2, 0.25) is 0 Å². The fraction of sp³-hybridized carbons (Fsp3) is 0.381. The molecule has 0 bridgehead atoms. The van der Waals surface area contributed by atoms with Crippen LogP contribution in [-0.4, -0.2) is 29.3 Å². The van der Waals surface area contributed by atoms with Gasteiger partial charge in [-0.25, -0.2) is 9.18 Å². The number of benzene rings is 2. The maximum absolute atomic E-state index is 13.3. The third-order valence-electron chi connectivity index (χ3n) is 5.20. The van der Waals surface area contributed by atoms with E-state index >= 15 is 0 Å². The van der Waals surface area contributed by atoms with E-state index in [1.165, 1.54) is 12.1 Å². The number of carbonyl (C=O) groups is 1. The number of cyclic esters (lactones) is 1. The van der Waals surface area contributed by atoms with Crippen molar-refractivity contribution in [2.45, 2.75) is 37.8 Å². The predicted molar refractivity (Wildman–Crippen MR) is 105 cm³/mol. The van der Waals surface area contributed by atoms with Crippen LogP contribution in [-0.2, 0) is 10.3 Å². The van der Waals surface area contributed by atoms with E-state index in [9.17, 15) is 14.3 Å². The molecule has 1 amide bonds. The van der Waals surface area contributed by atoms with Crippen LogP contribution in [0.3, 0.4) is 0 Å². The van der Waals surface area contributed by atoms with Crippen LogP contribution in [0.5, 0.6) is 0 Å². The lowest BCUT2D eigenvalue weighted by atomic mass is 9.84. The van der Waals surface area contributed by atoms with Crippen molar-refractivity contribution >= 4 is 22.0 Å². The van der Waals surface area contributed by atoms with Gasteiger partial charge >= 0.3 is 6.09 Å². The predicted octanol–water partition coefficient (Wildman–Crippen LogP) is 5.16. The average Bonchev–Trinajstić information content (AvgIpc) is 2.67. The molecule has 1 unspecified atom stereocenters. The minimum atomic E-state index is -0.830. The highest BCUT2D eigenvalue weighted by Crippen LogP contribution is 2.40. The maximum atomic E-state index is 13.3. The first-order valence-electron chi connectivity index (χ1n) is 9.07. The van der Waals surface area contributed by atoms with Crippen molar-refractivity contribution in [1.29, 1.82) is 0 Å². The lowest BCUT2D eigenvalue weighted by molar-refractivity contribution is -0.0680. The fourth-order valence-corrected chi connectivity index (χ4v) is 3.85. The Labute approximate surface area is 167 Å². The number of ether oxygens (including phenoxy) is 1. The Morgan fingerprint density at radius 2 is 1.89 bits per heavy atom. The summed E-state index contributed by atoms with van der Waals surface area (Å²) in [5.74, 6) is -0.330. The van der Waals surface area contributed by atoms with Crippen molar-refractivity contribution in [3.63, 3.8) is 0 Å². The van der Waals surface area contributed by atoms with Gasteiger partial charge < -0.3 is 14.7 Å². The highest BCUT2D eigenvalue weighted by molar-refractivity contribution is 9.10. The zero-order chi connectivity index (χ0) is 19.4. The van der Waals surface area contributed by atoms with Crippen molar-refractivity contribution in [2.24, 2.45) is 0 Å². The average molecular weight is 436 g/mol. The van der Waals surface area contributed by atoms with Crippen LogP contribution in [0.15, 0.2) is 53.0 Å². The Balaban J connectivity index is 1.81. The third-order valence-corrected chi connectivity index (χ3v) is 5.73. The van der Waals surface area contributed by atoms with E-state index in [2.05, 4.69) is 15.9 Å². The Hall–Kier alpha value is -1.92. The summed E-state index contributed by atoms with van der Waals surface area (Å²) in [7, 11) is 0. The Morgan fingerprint density at radius 3 is 2.48 bits per heavy atom. The summed E-state index contributed by atoms with van der Waals surface area (Å²) in [6, 6.07) is 13.8. The molecule has 1 aliphatic heterocycles. The summed E-state index contributed by atoms with van der Waals surface area (Å²) >= 11 is 3.42. The van der Waals surface area contributed by atoms with Crippen LogP contribution in [0.2, 0.25) is 0 Å². The molecule has 1 N–H and O–H groups in total. The molecule has 0 radical (unpaired) electrons. The largest absolute Gasteiger partial charge is 0.438 e. The van der Waals surface area contributed by atoms with Gasteiger partial charge in [0.1, 0.15) is 11.4 Å². The normalized spacial score (nSPS) is 21.0. The molecule has 144 valence electrons. The lowest BCUT2D eigenvalue weighted by Crippen LogP contribution is -2.48. The van der Waals surface area contributed by atoms with Crippen LogP contribution in [0.4, 0.5) is 9.18 Å². The molecule has 0 aromatic heterocycles. The first-order chi connectivity index (χ1) is 12.9. The van der Waals surface area contributed by atoms with Gasteiger partial charge in [-0.1, -0.05) is 40.2 Å². The monoisotopic (exact) mass is 435 g/mol. The van der Waals surface area contributed by atoms with Gasteiger partial charge in [0, 0.05) is 24.0 Å². The van der Waals surface area contributed by atoms with Gasteiger partial charge in [-0.15, -0.1) is 0 Å². The summed E-state index contributed by atoms with van der Waals surface area (Å²) in [5.41, 5.74) is 0.963. The summed E-state index contributed by atoms with van der Waals surface area (Å²) in [4.78, 5) is 14.6. The number of aliphatic hydroxyl groups excluding tert-OH is 1. The number of hydrogen-bond donors (Lipinski definition) is 1. The molecule has 2 aromatic carbocycles. The van der Waals surface area contributed by atoms with Crippen molar-refractivity contribution in [3.8, 4) is 0 Å². The number of amides is 1. The second kappa shape index (κ2) is 8.40. The molecule has 0 saturated carbocycles. The number of nitrogens with zero attached hydrogens (tertiary/aromatic N) is 1. The highest BCUT2D eigenvalue weighted by atomic mass is 79.9. The molecule has 1 aliphatic rings. The van der Waals surface area contributed by atoms with E-state index in [1.54, 1.807) is 17.0 Å². The van der Waals surface area contributed by atoms with Crippen LogP contribution < -0.4 is 0 Å². The molecule has 2 aromatic rings. The van der Waals surface area contributed by atoms with Gasteiger partial charge in [-0.2, -0.15) is 0 Å². The van der Waals surface area contributed by atoms with Crippen molar-refractivity contribution in [3.05, 3.63) is 69.9 Å². The maximum Gasteiger partial charge on any atom is 0.411 e. The first-order valence-corrected chi connectivity index (χ1v) is 9.86. The quantitative estimate of drug-likeness (QED) is 0.681. The topological polar surface area (TPSA) is 49.8 Å². The van der Waals surface area contributed by atoms with E-state index in [0.717, 1.165) is 15.6 Å². The molecule has 4 nitrogen and oxygen atoms in total. The molecular formula is C21H23BrFNO3. The number of aliphatic hydroxyl groups is 1. The molecule has 3 rings (SSSR count). The van der Waals surface area contributed by atoms with Gasteiger partial charge in [-0.05, 0) is 55.2 Å². The smallest absolute Gasteiger partial charge is 0.411 e. The zero-order valence-electron chi connectivity index (χ0n) is 15.2. The molecule has 6 heteroatoms. The molecular weight excluding hydrogens is 413 g/mol. The first kappa shape index (κ1) is 19.8. The van der Waals surface area contributed by atoms with Crippen molar-refractivity contribution in [2.75, 3.05) is 13.2 Å². The lowest BCUT2D eigenvalue weighted by Gasteiger charge is -2.43. The highest BCUT2D eigenvalue weighted by Gasteiger charge is 2.43. The van der Waals surface area contributed by atoms with Crippen molar-refractivity contribution in [1.82, 2.24) is 4.90 Å². The number of hydrogen-bond acceptors (Lipinski definition) is 3. The molecule has 2 atom stereocenters. The van der Waals surface area contributed by atoms with Crippen LogP contribution in [0.25, 0.3) is 0 Å². The number of rotatable bonds is 6. The Morgan fingerprint density at radius 1 is 1.22 bits per heavy atom. The summed E-state index contributed by atoms with van der Waals surface area (Å²) in [6.07, 6.45) is 1.21. The molecule has 1 fully saturated rings. The van der Waals surface area contributed by atoms with E-state index < -0.39 is 5.60 Å². The van der Waals surface area contributed by atoms with E-state index in [4.69, 9.17) is 4.74 Å². The van der Waals surface area contributed by atoms with E-state index in [1.807, 2.05) is 31.2 Å². The molecule has 1 heterocycles. The number of halogens is 2. The molecule has 1 saturated heterocycles. The van der Waals surface area contributed by atoms with Gasteiger partial charge in [0.05, 0.1) is 6.04 Å². The standard InChI is InChI=1S/C21H23BrFNO3/c1-15(16-3-7-18(22)8-4-16)24-13-12-21(11-2-14-25,27-20(24)26)17-5-9-19(23)10-6-17/h3-10,15,25H,2,11-14H2,1H3/t15-,21?/m0/s1. The third kappa shape index (κ3) is 4.33. The fourth-order valence-electron chi connectivity index (χ4n) is 3.58. The van der Waals surface area contributed by atoms with Crippen LogP contribution in [0, 0.1) is 5.82 Å². The minimum absolute atomic E-state index is 0.0134. The van der Waals surface area contributed by atoms with E-state index in [-0.39, 0.29) is 24.6 Å². The van der Waals surface area contributed by atoms with Crippen LogP contribution in [0.1, 0.15) is 43.4 Å². The molecule has 0 spiro atoms. The molecule has 27 heavy (non-hydrogen) atoms. The summed E-state index contributed by atoms with van der Waals surface area (Å²) in [5, 5.41) is 9.26. The Bertz CT molecular complexity index is 781. The van der Waals surface area contributed by atoms with Gasteiger partial charge in [-0.3, -0.25) is 0 Å². The zero-order valence-corrected chi connectivity index (χ0v) is 16.8. The second-order valence-electron chi connectivity index (χ2n) is 6.87.